The summed E-state index contributed by atoms with van der Waals surface area (Å²) >= 11 is 0. The largest absolute Gasteiger partial charge is 0.338 e. The Bertz CT molecular complexity index is 1630. The van der Waals surface area contributed by atoms with Crippen LogP contribution in [-0.2, 0) is 7.05 Å². The number of hydrogen-bond acceptors (Lipinski definition) is 0. The molecular formula is C33H37N2+. The van der Waals surface area contributed by atoms with Crippen LogP contribution in [0, 0.1) is 13.8 Å². The van der Waals surface area contributed by atoms with Gasteiger partial charge in [0.05, 0.1) is 17.8 Å². The minimum Gasteiger partial charge on any atom is -0.338 e. The Kier molecular flexibility index (Phi) is 5.15. The molecule has 2 heterocycles. The summed E-state index contributed by atoms with van der Waals surface area (Å²) in [5.74, 6) is 0.639. The molecule has 1 aliphatic carbocycles. The molecule has 35 heavy (non-hydrogen) atoms. The Balaban J connectivity index is 1.64. The molecule has 1 aliphatic rings. The van der Waals surface area contributed by atoms with Gasteiger partial charge in [0.2, 0.25) is 5.69 Å². The van der Waals surface area contributed by atoms with Crippen LogP contribution in [0.15, 0.2) is 60.6 Å². The number of fused-ring (bicyclic) bond motifs is 4. The number of nitrogens with zero attached hydrogens (tertiary/aromatic N) is 2. The fourth-order valence-electron chi connectivity index (χ4n) is 6.48. The predicted octanol–water partition coefficient (Wildman–Crippen LogP) is 8.68. The van der Waals surface area contributed by atoms with Gasteiger partial charge < -0.3 is 4.57 Å². The maximum absolute atomic E-state index is 9.02. The van der Waals surface area contributed by atoms with E-state index in [1.165, 1.54) is 81.7 Å². The van der Waals surface area contributed by atoms with Gasteiger partial charge in [0, 0.05) is 35.3 Å². The number of aromatic nitrogens is 2. The Hall–Kier alpha value is -3.13. The quantitative estimate of drug-likeness (QED) is 0.237. The number of aryl methyl sites for hydroxylation is 1. The van der Waals surface area contributed by atoms with Crippen molar-refractivity contribution in [3.8, 4) is 11.3 Å². The molecule has 0 atom stereocenters. The van der Waals surface area contributed by atoms with E-state index in [-0.39, 0.29) is 0 Å². The summed E-state index contributed by atoms with van der Waals surface area (Å²) in [5, 5.41) is 4.91. The van der Waals surface area contributed by atoms with Crippen LogP contribution in [0.25, 0.3) is 43.8 Å². The van der Waals surface area contributed by atoms with E-state index in [9.17, 15) is 0 Å². The first-order valence-corrected chi connectivity index (χ1v) is 13.3. The van der Waals surface area contributed by atoms with Gasteiger partial charge in [-0.3, -0.25) is 0 Å². The number of benzene rings is 3. The van der Waals surface area contributed by atoms with Crippen molar-refractivity contribution in [2.45, 2.75) is 71.8 Å². The topological polar surface area (TPSA) is 8.81 Å². The summed E-state index contributed by atoms with van der Waals surface area (Å²) in [6.07, 6.45) is 6.57. The zero-order valence-corrected chi connectivity index (χ0v) is 21.8. The van der Waals surface area contributed by atoms with Crippen molar-refractivity contribution in [3.63, 3.8) is 0 Å². The third kappa shape index (κ3) is 3.57. The predicted molar refractivity (Wildman–Crippen MR) is 149 cm³/mol. The fraction of sp³-hybridized carbons (Fsp3) is 0.364. The average Bonchev–Trinajstić information content (AvgIpc) is 3.21. The van der Waals surface area contributed by atoms with Crippen LogP contribution in [0.4, 0.5) is 0 Å². The van der Waals surface area contributed by atoms with E-state index < -0.39 is 0 Å². The lowest BCUT2D eigenvalue weighted by atomic mass is 9.83. The van der Waals surface area contributed by atoms with E-state index in [0.29, 0.717) is 18.0 Å². The summed E-state index contributed by atoms with van der Waals surface area (Å²) in [6, 6.07) is 21.5. The third-order valence-corrected chi connectivity index (χ3v) is 8.36. The van der Waals surface area contributed by atoms with Gasteiger partial charge in [0.25, 0.3) is 0 Å². The molecule has 2 nitrogen and oxygen atoms in total. The standard InChI is InChI=1S/C33H37N2/c1-21(2)35-31-14-10-9-13-28(31)30-17-22(3)29(20-32(30)35)33-27-16-15-25(24-11-7-6-8-12-24)19-26(27)18-23(4)34(33)5/h9-10,13-21,24H,6-8,11-12H2,1-5H3/q+1/i18D. The summed E-state index contributed by atoms with van der Waals surface area (Å²) in [5.41, 5.74) is 8.76. The lowest BCUT2D eigenvalue weighted by Crippen LogP contribution is -2.35. The van der Waals surface area contributed by atoms with Gasteiger partial charge in [0.1, 0.15) is 7.05 Å². The van der Waals surface area contributed by atoms with Gasteiger partial charge in [-0.2, -0.15) is 4.57 Å². The molecule has 2 aromatic heterocycles. The molecular weight excluding hydrogens is 424 g/mol. The molecule has 178 valence electrons. The maximum atomic E-state index is 9.02. The monoisotopic (exact) mass is 462 g/mol. The molecule has 0 spiro atoms. The second-order valence-corrected chi connectivity index (χ2v) is 10.9. The van der Waals surface area contributed by atoms with Crippen LogP contribution in [0.5, 0.6) is 0 Å². The van der Waals surface area contributed by atoms with E-state index in [1.807, 2.05) is 0 Å². The lowest BCUT2D eigenvalue weighted by Gasteiger charge is -2.22. The van der Waals surface area contributed by atoms with Crippen molar-refractivity contribution in [3.05, 3.63) is 77.5 Å². The lowest BCUT2D eigenvalue weighted by molar-refractivity contribution is -0.665. The normalized spacial score (nSPS) is 15.5. The second kappa shape index (κ2) is 8.52. The number of hydrogen-bond donors (Lipinski definition) is 0. The highest BCUT2D eigenvalue weighted by Crippen LogP contribution is 2.39. The first-order valence-electron chi connectivity index (χ1n) is 13.8. The van der Waals surface area contributed by atoms with Gasteiger partial charge >= 0.3 is 0 Å². The van der Waals surface area contributed by atoms with Crippen molar-refractivity contribution in [1.29, 1.82) is 0 Å². The van der Waals surface area contributed by atoms with Crippen LogP contribution in [0.1, 0.15) is 76.1 Å². The second-order valence-electron chi connectivity index (χ2n) is 10.9. The molecule has 1 fully saturated rings. The van der Waals surface area contributed by atoms with Gasteiger partial charge in [-0.05, 0) is 80.3 Å². The Labute approximate surface area is 210 Å². The third-order valence-electron chi connectivity index (χ3n) is 8.36. The van der Waals surface area contributed by atoms with Crippen molar-refractivity contribution in [2.24, 2.45) is 7.05 Å². The Morgan fingerprint density at radius 3 is 2.43 bits per heavy atom. The van der Waals surface area contributed by atoms with Crippen molar-refractivity contribution in [1.82, 2.24) is 4.57 Å². The molecule has 0 amide bonds. The summed E-state index contributed by atoms with van der Waals surface area (Å²) < 4.78 is 13.7. The molecule has 6 rings (SSSR count). The van der Waals surface area contributed by atoms with E-state index in [0.717, 1.165) is 11.1 Å². The fourth-order valence-corrected chi connectivity index (χ4v) is 6.48. The van der Waals surface area contributed by atoms with E-state index in [4.69, 9.17) is 1.37 Å². The highest BCUT2D eigenvalue weighted by Gasteiger charge is 2.24. The molecule has 5 aromatic rings. The maximum Gasteiger partial charge on any atom is 0.220 e. The zero-order valence-electron chi connectivity index (χ0n) is 22.8. The highest BCUT2D eigenvalue weighted by atomic mass is 15.0. The Morgan fingerprint density at radius 2 is 1.66 bits per heavy atom. The number of para-hydroxylation sites is 1. The van der Waals surface area contributed by atoms with Crippen LogP contribution >= 0.6 is 0 Å². The molecule has 0 unspecified atom stereocenters. The zero-order chi connectivity index (χ0) is 25.1. The summed E-state index contributed by atoms with van der Waals surface area (Å²) in [6.45, 7) is 8.87. The van der Waals surface area contributed by atoms with E-state index in [2.05, 4.69) is 98.5 Å². The summed E-state index contributed by atoms with van der Waals surface area (Å²) in [7, 11) is 2.12. The van der Waals surface area contributed by atoms with E-state index >= 15 is 0 Å². The molecule has 1 saturated carbocycles. The van der Waals surface area contributed by atoms with Crippen LogP contribution in [0.3, 0.4) is 0 Å². The van der Waals surface area contributed by atoms with Crippen LogP contribution < -0.4 is 4.57 Å². The summed E-state index contributed by atoms with van der Waals surface area (Å²) in [4.78, 5) is 0. The smallest absolute Gasteiger partial charge is 0.220 e. The van der Waals surface area contributed by atoms with Crippen molar-refractivity contribution in [2.75, 3.05) is 0 Å². The van der Waals surface area contributed by atoms with Gasteiger partial charge in [-0.15, -0.1) is 0 Å². The van der Waals surface area contributed by atoms with Gasteiger partial charge in [-0.1, -0.05) is 49.6 Å². The van der Waals surface area contributed by atoms with Crippen LogP contribution in [0.2, 0.25) is 0 Å². The van der Waals surface area contributed by atoms with Crippen LogP contribution in [-0.4, -0.2) is 4.57 Å². The average molecular weight is 463 g/mol. The van der Waals surface area contributed by atoms with Crippen molar-refractivity contribution < 1.29 is 5.94 Å². The molecule has 0 radical (unpaired) electrons. The first kappa shape index (κ1) is 21.2. The molecule has 3 aromatic carbocycles. The highest BCUT2D eigenvalue weighted by molar-refractivity contribution is 6.10. The minimum absolute atomic E-state index is 0.365. The SMILES string of the molecule is [2H]c1c(C)[n+](C)c(-c2cc3c(cc2C)c2ccccc2n3C(C)C)c2ccc(C3CCCCC3)cc12. The molecule has 0 N–H and O–H groups in total. The first-order chi connectivity index (χ1) is 17.4. The van der Waals surface area contributed by atoms with E-state index in [1.54, 1.807) is 0 Å². The minimum atomic E-state index is 0.365. The number of rotatable bonds is 3. The Morgan fingerprint density at radius 1 is 0.886 bits per heavy atom. The number of pyridine rings is 1. The van der Waals surface area contributed by atoms with Crippen molar-refractivity contribution >= 4 is 32.6 Å². The molecule has 0 saturated heterocycles. The molecule has 2 heteroatoms. The molecule has 0 bridgehead atoms. The molecule has 0 aliphatic heterocycles. The van der Waals surface area contributed by atoms with Gasteiger partial charge in [-0.25, -0.2) is 0 Å². The van der Waals surface area contributed by atoms with Gasteiger partial charge in [0.15, 0.2) is 5.69 Å².